The number of amides is 4. The molecule has 7 rings (SSSR count). The first kappa shape index (κ1) is 53.8. The van der Waals surface area contributed by atoms with Crippen molar-refractivity contribution < 1.29 is 51.7 Å². The fraction of sp³-hybridized carbons (Fsp3) is 0.385. The van der Waals surface area contributed by atoms with Crippen LogP contribution in [0.1, 0.15) is 76.4 Å². The predicted molar refractivity (Wildman–Crippen MR) is 271 cm³/mol. The molecular weight excluding hydrogens is 986 g/mol. The smallest absolute Gasteiger partial charge is 0.419 e. The lowest BCUT2D eigenvalue weighted by molar-refractivity contribution is -0.144. The van der Waals surface area contributed by atoms with Crippen LogP contribution in [0.2, 0.25) is 0 Å². The molecule has 2 aliphatic heterocycles. The number of benzene rings is 3. The molecule has 21 heteroatoms. The topological polar surface area (TPSA) is 200 Å². The number of nitrogens with one attached hydrogen (secondary N) is 2. The fourth-order valence-electron chi connectivity index (χ4n) is 8.38. The maximum atomic E-state index is 14.0. The molecular formula is C52H55F3N8O8S2. The normalized spacial score (nSPS) is 17.1. The Hall–Kier alpha value is -6.99. The zero-order valence-corrected chi connectivity index (χ0v) is 42.6. The summed E-state index contributed by atoms with van der Waals surface area (Å²) in [4.78, 5) is 66.9. The molecule has 0 saturated carbocycles. The Bertz CT molecular complexity index is 2870. The van der Waals surface area contributed by atoms with Gasteiger partial charge in [0.05, 0.1) is 46.2 Å². The summed E-state index contributed by atoms with van der Waals surface area (Å²) in [6.45, 7) is 11.1. The first-order valence-electron chi connectivity index (χ1n) is 23.4. The molecule has 0 spiro atoms. The van der Waals surface area contributed by atoms with Gasteiger partial charge in [-0.15, -0.1) is 11.3 Å². The molecule has 384 valence electrons. The number of aliphatic hydroxyl groups excluding tert-OH is 1. The van der Waals surface area contributed by atoms with Crippen LogP contribution in [0.25, 0.3) is 10.4 Å². The summed E-state index contributed by atoms with van der Waals surface area (Å²) in [5.41, 5.74) is 0.839. The van der Waals surface area contributed by atoms with Gasteiger partial charge in [0.25, 0.3) is 5.91 Å². The molecule has 4 heterocycles. The maximum absolute atomic E-state index is 14.0. The van der Waals surface area contributed by atoms with Crippen molar-refractivity contribution in [2.75, 3.05) is 36.2 Å². The lowest BCUT2D eigenvalue weighted by Crippen LogP contribution is -2.58. The van der Waals surface area contributed by atoms with Crippen molar-refractivity contribution in [3.8, 4) is 33.8 Å². The average molecular weight is 1040 g/mol. The number of halogens is 3. The number of hydrogen-bond acceptors (Lipinski definition) is 13. The SMILES string of the molecule is Cc1ncsc1-c1ccc(CNC(=O)[C@@H]2C[C@@H](O)CN2C(=O)C(NC(=O)COCCCCOc2ccc(Oc3ccc(N4C(=S)N(c5cnc(C#N)c(C(F)(F)F)c5)C(=O)C4(C)C)cc3)cc2)C(C)(C)C)cc1. The van der Waals surface area contributed by atoms with Crippen molar-refractivity contribution in [3.05, 3.63) is 113 Å². The van der Waals surface area contributed by atoms with Crippen LogP contribution in [-0.2, 0) is 36.6 Å². The van der Waals surface area contributed by atoms with Crippen LogP contribution in [0.4, 0.5) is 24.5 Å². The predicted octanol–water partition coefficient (Wildman–Crippen LogP) is 8.10. The Morgan fingerprint density at radius 2 is 1.60 bits per heavy atom. The van der Waals surface area contributed by atoms with Crippen molar-refractivity contribution in [2.24, 2.45) is 5.41 Å². The number of alkyl halides is 3. The summed E-state index contributed by atoms with van der Waals surface area (Å²) in [7, 11) is 0. The van der Waals surface area contributed by atoms with Gasteiger partial charge >= 0.3 is 6.18 Å². The lowest BCUT2D eigenvalue weighted by atomic mass is 9.85. The number of anilines is 2. The third kappa shape index (κ3) is 12.6. The second-order valence-electron chi connectivity index (χ2n) is 19.1. The minimum atomic E-state index is -4.88. The number of aryl methyl sites for hydroxylation is 1. The zero-order valence-electron chi connectivity index (χ0n) is 41.0. The number of thiocarbonyl (C=S) groups is 1. The van der Waals surface area contributed by atoms with Crippen molar-refractivity contribution in [2.45, 2.75) is 97.3 Å². The number of carbonyl (C=O) groups is 4. The zero-order chi connectivity index (χ0) is 52.8. The van der Waals surface area contributed by atoms with Gasteiger partial charge in [-0.1, -0.05) is 45.0 Å². The minimum absolute atomic E-state index is 0.0391. The van der Waals surface area contributed by atoms with Gasteiger partial charge in [0.1, 0.15) is 47.5 Å². The highest BCUT2D eigenvalue weighted by atomic mass is 32.1. The largest absolute Gasteiger partial charge is 0.494 e. The van der Waals surface area contributed by atoms with Crippen LogP contribution in [0.5, 0.6) is 17.2 Å². The number of aromatic nitrogens is 2. The number of rotatable bonds is 18. The molecule has 0 bridgehead atoms. The standard InChI is InChI=1S/C52H55F3N8O8S2/c1-31-44(73-30-59-31)33-11-9-32(10-12-33)26-58-46(66)42-24-36(64)28-61(42)47(67)45(50(2,3)4)60-43(65)29-69-21-7-8-22-70-37-17-19-39(20-18-37)71-38-15-13-34(14-16-38)63-49(72)62(48(68)51(63,5)6)35-23-40(52(53,54)55)41(25-56)57-27-35/h9-20,23,27,30,36,42,45,64H,7-8,21-22,24,26,28-29H2,1-6H3,(H,58,66)(H,60,65)/t36-,42+,45?/m1/s1. The van der Waals surface area contributed by atoms with E-state index in [1.807, 2.05) is 52.0 Å². The van der Waals surface area contributed by atoms with Crippen molar-refractivity contribution >= 4 is 63.7 Å². The highest BCUT2D eigenvalue weighted by Crippen LogP contribution is 2.40. The Kier molecular flexibility index (Phi) is 16.5. The molecule has 3 atom stereocenters. The maximum Gasteiger partial charge on any atom is 0.419 e. The van der Waals surface area contributed by atoms with Gasteiger partial charge in [0, 0.05) is 31.8 Å². The number of thiazole rings is 1. The minimum Gasteiger partial charge on any atom is -0.494 e. The van der Waals surface area contributed by atoms with Crippen molar-refractivity contribution in [3.63, 3.8) is 0 Å². The number of aliphatic hydroxyl groups is 1. The number of carbonyl (C=O) groups excluding carboxylic acids is 4. The monoisotopic (exact) mass is 1040 g/mol. The van der Waals surface area contributed by atoms with Crippen molar-refractivity contribution in [1.29, 1.82) is 5.26 Å². The summed E-state index contributed by atoms with van der Waals surface area (Å²) < 4.78 is 58.7. The summed E-state index contributed by atoms with van der Waals surface area (Å²) in [6.07, 6.45) is -3.48. The second-order valence-corrected chi connectivity index (χ2v) is 20.4. The Morgan fingerprint density at radius 1 is 0.959 bits per heavy atom. The number of likely N-dealkylation sites (tertiary alicyclic amines) is 1. The second kappa shape index (κ2) is 22.4. The van der Waals surface area contributed by atoms with E-state index in [0.29, 0.717) is 48.5 Å². The van der Waals surface area contributed by atoms with Gasteiger partial charge in [0.15, 0.2) is 10.8 Å². The summed E-state index contributed by atoms with van der Waals surface area (Å²) in [6, 6.07) is 21.6. The van der Waals surface area contributed by atoms with Crippen LogP contribution in [0, 0.1) is 23.7 Å². The number of β-amino-alcohol motifs (C(OH)–C–C–N with tert-alkyl or cyclic N) is 1. The summed E-state index contributed by atoms with van der Waals surface area (Å²) in [5.74, 6) is -0.361. The quantitative estimate of drug-likeness (QED) is 0.0563. The molecule has 1 unspecified atom stereocenters. The van der Waals surface area contributed by atoms with E-state index in [0.717, 1.165) is 32.8 Å². The molecule has 73 heavy (non-hydrogen) atoms. The number of pyridine rings is 1. The number of hydrogen-bond donors (Lipinski definition) is 3. The summed E-state index contributed by atoms with van der Waals surface area (Å²) in [5, 5.41) is 25.4. The van der Waals surface area contributed by atoms with Crippen molar-refractivity contribution in [1.82, 2.24) is 25.5 Å². The van der Waals surface area contributed by atoms with Gasteiger partial charge in [-0.2, -0.15) is 18.4 Å². The van der Waals surface area contributed by atoms with E-state index in [1.54, 1.807) is 79.2 Å². The van der Waals surface area contributed by atoms with Gasteiger partial charge < -0.3 is 39.8 Å². The van der Waals surface area contributed by atoms with E-state index in [-0.39, 0.29) is 43.5 Å². The van der Waals surface area contributed by atoms with E-state index >= 15 is 0 Å². The van der Waals surface area contributed by atoms with E-state index in [1.165, 1.54) is 15.9 Å². The van der Waals surface area contributed by atoms with Gasteiger partial charge in [-0.25, -0.2) is 9.97 Å². The molecule has 16 nitrogen and oxygen atoms in total. The van der Waals surface area contributed by atoms with Crippen LogP contribution in [0.15, 0.2) is 90.6 Å². The van der Waals surface area contributed by atoms with E-state index < -0.39 is 70.2 Å². The molecule has 3 N–H and O–H groups in total. The number of nitrogens with zero attached hydrogens (tertiary/aromatic N) is 6. The van der Waals surface area contributed by atoms with Gasteiger partial charge in [-0.3, -0.25) is 24.1 Å². The first-order chi connectivity index (χ1) is 34.6. The average Bonchev–Trinajstić information content (AvgIpc) is 4.01. The first-order valence-corrected chi connectivity index (χ1v) is 24.6. The number of unbranched alkanes of at least 4 members (excludes halogenated alkanes) is 1. The molecule has 2 aromatic heterocycles. The number of ether oxygens (including phenoxy) is 3. The fourth-order valence-corrected chi connectivity index (χ4v) is 9.72. The molecule has 0 radical (unpaired) electrons. The molecule has 5 aromatic rings. The third-order valence-corrected chi connectivity index (χ3v) is 13.6. The van der Waals surface area contributed by atoms with Crippen LogP contribution >= 0.6 is 23.6 Å². The third-order valence-electron chi connectivity index (χ3n) is 12.3. The van der Waals surface area contributed by atoms with Gasteiger partial charge in [0.2, 0.25) is 17.7 Å². The molecule has 4 amide bonds. The molecule has 2 aliphatic rings. The Labute approximate surface area is 430 Å². The molecule has 2 fully saturated rings. The van der Waals surface area contributed by atoms with Crippen LogP contribution in [0.3, 0.4) is 0 Å². The van der Waals surface area contributed by atoms with E-state index in [4.69, 9.17) is 31.7 Å². The highest BCUT2D eigenvalue weighted by Gasteiger charge is 2.51. The van der Waals surface area contributed by atoms with Crippen LogP contribution in [-0.4, -0.2) is 98.8 Å². The molecule has 2 saturated heterocycles. The Balaban J connectivity index is 0.824. The Morgan fingerprint density at radius 3 is 2.22 bits per heavy atom. The van der Waals surface area contributed by atoms with Gasteiger partial charge in [-0.05, 0) is 117 Å². The van der Waals surface area contributed by atoms with Crippen LogP contribution < -0.4 is 29.9 Å². The van der Waals surface area contributed by atoms with E-state index in [9.17, 15) is 37.5 Å². The summed E-state index contributed by atoms with van der Waals surface area (Å²) >= 11 is 7.17. The molecule has 0 aliphatic carbocycles. The lowest BCUT2D eigenvalue weighted by Gasteiger charge is -2.35. The highest BCUT2D eigenvalue weighted by molar-refractivity contribution is 7.81. The number of nitriles is 1. The van der Waals surface area contributed by atoms with E-state index in [2.05, 4.69) is 20.6 Å². The molecule has 3 aromatic carbocycles.